The van der Waals surface area contributed by atoms with Crippen LogP contribution in [-0.2, 0) is 12.3 Å². The van der Waals surface area contributed by atoms with Crippen LogP contribution in [-0.4, -0.2) is 11.6 Å². The molecule has 0 bridgehead atoms. The van der Waals surface area contributed by atoms with E-state index in [4.69, 9.17) is 16.3 Å². The maximum atomic E-state index is 5.87. The van der Waals surface area contributed by atoms with E-state index in [1.165, 1.54) is 5.56 Å². The van der Waals surface area contributed by atoms with Crippen molar-refractivity contribution in [2.45, 2.75) is 25.6 Å². The summed E-state index contributed by atoms with van der Waals surface area (Å²) in [7, 11) is 0. The second-order valence-electron chi connectivity index (χ2n) is 4.47. The molecule has 2 rings (SSSR count). The zero-order valence-electron chi connectivity index (χ0n) is 11.1. The minimum atomic E-state index is 0.385. The van der Waals surface area contributed by atoms with Gasteiger partial charge in [-0.05, 0) is 37.5 Å². The van der Waals surface area contributed by atoms with Gasteiger partial charge >= 0.3 is 0 Å². The third-order valence-corrected chi connectivity index (χ3v) is 3.16. The van der Waals surface area contributed by atoms with E-state index in [1.807, 2.05) is 25.1 Å². The van der Waals surface area contributed by atoms with Crippen molar-refractivity contribution < 1.29 is 4.74 Å². The summed E-state index contributed by atoms with van der Waals surface area (Å²) < 4.78 is 5.76. The van der Waals surface area contributed by atoms with Gasteiger partial charge in [0.15, 0.2) is 0 Å². The van der Waals surface area contributed by atoms with Gasteiger partial charge in [0.25, 0.3) is 0 Å². The molecule has 0 radical (unpaired) electrons. The van der Waals surface area contributed by atoms with Crippen molar-refractivity contribution in [2.75, 3.05) is 6.61 Å². The summed E-state index contributed by atoms with van der Waals surface area (Å²) in [5.41, 5.74) is 3.12. The summed E-state index contributed by atoms with van der Waals surface area (Å²) in [5.74, 6) is 1.18. The van der Waals surface area contributed by atoms with Crippen LogP contribution < -0.4 is 4.74 Å². The van der Waals surface area contributed by atoms with Gasteiger partial charge in [-0.15, -0.1) is 11.6 Å². The molecule has 0 atom stereocenters. The number of rotatable bonds is 6. The zero-order chi connectivity index (χ0) is 13.5. The first-order chi connectivity index (χ1) is 9.29. The molecule has 0 aliphatic carbocycles. The Kier molecular flexibility index (Phi) is 5.22. The topological polar surface area (TPSA) is 22.1 Å². The molecule has 19 heavy (non-hydrogen) atoms. The first-order valence-corrected chi connectivity index (χ1v) is 7.02. The minimum absolute atomic E-state index is 0.385. The van der Waals surface area contributed by atoms with Crippen LogP contribution in [0.3, 0.4) is 0 Å². The van der Waals surface area contributed by atoms with Gasteiger partial charge in [-0.3, -0.25) is 4.98 Å². The lowest BCUT2D eigenvalue weighted by Crippen LogP contribution is -2.03. The number of hydrogen-bond donors (Lipinski definition) is 0. The normalized spacial score (nSPS) is 10.4. The fraction of sp³-hybridized carbons (Fsp3) is 0.312. The second kappa shape index (κ2) is 7.15. The van der Waals surface area contributed by atoms with Gasteiger partial charge in [0.2, 0.25) is 0 Å². The molecule has 2 nitrogen and oxygen atoms in total. The van der Waals surface area contributed by atoms with Crippen LogP contribution in [0, 0.1) is 6.92 Å². The smallest absolute Gasteiger partial charge is 0.142 e. The van der Waals surface area contributed by atoms with E-state index in [2.05, 4.69) is 29.2 Å². The fourth-order valence-electron chi connectivity index (χ4n) is 1.93. The predicted molar refractivity (Wildman–Crippen MR) is 78.8 cm³/mol. The van der Waals surface area contributed by atoms with Gasteiger partial charge in [-0.1, -0.05) is 30.3 Å². The SMILES string of the molecule is Cc1ccc(OCCCc2ccccc2)c(CCl)n1. The maximum absolute atomic E-state index is 5.87. The number of nitrogens with zero attached hydrogens (tertiary/aromatic N) is 1. The average molecular weight is 276 g/mol. The van der Waals surface area contributed by atoms with Crippen molar-refractivity contribution in [3.05, 3.63) is 59.4 Å². The Balaban J connectivity index is 1.83. The monoisotopic (exact) mass is 275 g/mol. The van der Waals surface area contributed by atoms with E-state index in [-0.39, 0.29) is 0 Å². The lowest BCUT2D eigenvalue weighted by atomic mass is 10.1. The van der Waals surface area contributed by atoms with Crippen molar-refractivity contribution in [1.82, 2.24) is 4.98 Å². The number of halogens is 1. The number of hydrogen-bond acceptors (Lipinski definition) is 2. The highest BCUT2D eigenvalue weighted by molar-refractivity contribution is 6.17. The molecule has 0 N–H and O–H groups in total. The van der Waals surface area contributed by atoms with Crippen LogP contribution in [0.1, 0.15) is 23.4 Å². The van der Waals surface area contributed by atoms with Crippen molar-refractivity contribution in [2.24, 2.45) is 0 Å². The zero-order valence-corrected chi connectivity index (χ0v) is 11.9. The number of benzene rings is 1. The van der Waals surface area contributed by atoms with Gasteiger partial charge in [-0.25, -0.2) is 0 Å². The highest BCUT2D eigenvalue weighted by atomic mass is 35.5. The summed E-state index contributed by atoms with van der Waals surface area (Å²) in [6.07, 6.45) is 2.01. The van der Waals surface area contributed by atoms with Gasteiger partial charge in [0, 0.05) is 5.69 Å². The first-order valence-electron chi connectivity index (χ1n) is 6.49. The molecule has 0 aliphatic heterocycles. The standard InChI is InChI=1S/C16H18ClNO/c1-13-9-10-16(15(12-17)18-13)19-11-5-8-14-6-3-2-4-7-14/h2-4,6-7,9-10H,5,8,11-12H2,1H3. The molecule has 0 unspecified atom stereocenters. The summed E-state index contributed by atoms with van der Waals surface area (Å²) in [6.45, 7) is 2.64. The molecule has 1 aromatic carbocycles. The lowest BCUT2D eigenvalue weighted by Gasteiger charge is -2.10. The Morgan fingerprint density at radius 2 is 1.89 bits per heavy atom. The molecule has 0 amide bonds. The average Bonchev–Trinajstić information content (AvgIpc) is 2.46. The Bertz CT molecular complexity index is 513. The molecular weight excluding hydrogens is 258 g/mol. The summed E-state index contributed by atoms with van der Waals surface area (Å²) in [5, 5.41) is 0. The summed E-state index contributed by atoms with van der Waals surface area (Å²) in [6, 6.07) is 14.3. The van der Waals surface area contributed by atoms with E-state index >= 15 is 0 Å². The molecule has 0 spiro atoms. The van der Waals surface area contributed by atoms with E-state index in [9.17, 15) is 0 Å². The summed E-state index contributed by atoms with van der Waals surface area (Å²) >= 11 is 5.87. The van der Waals surface area contributed by atoms with Crippen molar-refractivity contribution in [3.63, 3.8) is 0 Å². The molecule has 0 fully saturated rings. The third kappa shape index (κ3) is 4.25. The Morgan fingerprint density at radius 1 is 1.11 bits per heavy atom. The Labute approximate surface area is 119 Å². The molecule has 2 aromatic rings. The Morgan fingerprint density at radius 3 is 2.63 bits per heavy atom. The molecule has 1 heterocycles. The van der Waals surface area contributed by atoms with Gasteiger partial charge in [-0.2, -0.15) is 0 Å². The third-order valence-electron chi connectivity index (χ3n) is 2.91. The maximum Gasteiger partial charge on any atom is 0.142 e. The van der Waals surface area contributed by atoms with Crippen molar-refractivity contribution >= 4 is 11.6 Å². The highest BCUT2D eigenvalue weighted by Crippen LogP contribution is 2.19. The van der Waals surface area contributed by atoms with Crippen molar-refractivity contribution in [1.29, 1.82) is 0 Å². The first kappa shape index (κ1) is 13.9. The molecule has 1 aromatic heterocycles. The lowest BCUT2D eigenvalue weighted by molar-refractivity contribution is 0.307. The van der Waals surface area contributed by atoms with Gasteiger partial charge < -0.3 is 4.74 Å². The van der Waals surface area contributed by atoms with E-state index in [0.717, 1.165) is 30.0 Å². The van der Waals surface area contributed by atoms with Crippen molar-refractivity contribution in [3.8, 4) is 5.75 Å². The fourth-order valence-corrected chi connectivity index (χ4v) is 2.12. The molecule has 0 saturated carbocycles. The van der Waals surface area contributed by atoms with Gasteiger partial charge in [0.1, 0.15) is 5.75 Å². The predicted octanol–water partition coefficient (Wildman–Crippen LogP) is 4.14. The van der Waals surface area contributed by atoms with Crippen LogP contribution in [0.5, 0.6) is 5.75 Å². The van der Waals surface area contributed by atoms with Crippen LogP contribution in [0.4, 0.5) is 0 Å². The van der Waals surface area contributed by atoms with Crippen LogP contribution >= 0.6 is 11.6 Å². The molecule has 100 valence electrons. The highest BCUT2D eigenvalue weighted by Gasteiger charge is 2.04. The largest absolute Gasteiger partial charge is 0.492 e. The van der Waals surface area contributed by atoms with E-state index < -0.39 is 0 Å². The minimum Gasteiger partial charge on any atom is -0.492 e. The van der Waals surface area contributed by atoms with Crippen LogP contribution in [0.15, 0.2) is 42.5 Å². The number of aryl methyl sites for hydroxylation is 2. The van der Waals surface area contributed by atoms with E-state index in [1.54, 1.807) is 0 Å². The Hall–Kier alpha value is -1.54. The molecule has 0 aliphatic rings. The number of ether oxygens (including phenoxy) is 1. The summed E-state index contributed by atoms with van der Waals surface area (Å²) in [4.78, 5) is 4.37. The van der Waals surface area contributed by atoms with Crippen LogP contribution in [0.2, 0.25) is 0 Å². The second-order valence-corrected chi connectivity index (χ2v) is 4.74. The van der Waals surface area contributed by atoms with E-state index in [0.29, 0.717) is 12.5 Å². The van der Waals surface area contributed by atoms with Gasteiger partial charge in [0.05, 0.1) is 18.2 Å². The molecule has 3 heteroatoms. The molecule has 0 saturated heterocycles. The number of alkyl halides is 1. The number of aromatic nitrogens is 1. The quantitative estimate of drug-likeness (QED) is 0.584. The molecular formula is C16H18ClNO. The van der Waals surface area contributed by atoms with Crippen LogP contribution in [0.25, 0.3) is 0 Å². The number of pyridine rings is 1.